The first-order chi connectivity index (χ1) is 12.1. The van der Waals surface area contributed by atoms with Gasteiger partial charge in [-0.2, -0.15) is 0 Å². The lowest BCUT2D eigenvalue weighted by Crippen LogP contribution is -2.43. The molecule has 1 aromatic carbocycles. The summed E-state index contributed by atoms with van der Waals surface area (Å²) in [5.74, 6) is 0.623. The van der Waals surface area contributed by atoms with Gasteiger partial charge in [-0.15, -0.1) is 0 Å². The van der Waals surface area contributed by atoms with Gasteiger partial charge in [-0.05, 0) is 38.3 Å². The van der Waals surface area contributed by atoms with Gasteiger partial charge < -0.3 is 19.7 Å². The summed E-state index contributed by atoms with van der Waals surface area (Å²) < 4.78 is 10.6. The number of anilines is 1. The van der Waals surface area contributed by atoms with E-state index >= 15 is 0 Å². The highest BCUT2D eigenvalue weighted by atomic mass is 16.5. The lowest BCUT2D eigenvalue weighted by Gasteiger charge is -2.31. The maximum Gasteiger partial charge on any atom is 0.309 e. The number of amides is 1. The Balaban J connectivity index is 1.77. The molecule has 1 aromatic rings. The highest BCUT2D eigenvalue weighted by molar-refractivity contribution is 5.81. The largest absolute Gasteiger partial charge is 0.494 e. The topological polar surface area (TPSA) is 67.9 Å². The Kier molecular flexibility index (Phi) is 7.57. The van der Waals surface area contributed by atoms with E-state index in [0.29, 0.717) is 39.1 Å². The molecule has 1 aliphatic rings. The molecule has 0 bridgehead atoms. The predicted octanol–water partition coefficient (Wildman–Crippen LogP) is 2.69. The van der Waals surface area contributed by atoms with Crippen molar-refractivity contribution < 1.29 is 19.1 Å². The summed E-state index contributed by atoms with van der Waals surface area (Å²) in [4.78, 5) is 25.9. The van der Waals surface area contributed by atoms with Crippen molar-refractivity contribution in [2.24, 2.45) is 5.92 Å². The van der Waals surface area contributed by atoms with E-state index in [2.05, 4.69) is 12.2 Å². The number of hydrogen-bond donors (Lipinski definition) is 1. The van der Waals surface area contributed by atoms with Gasteiger partial charge in [-0.25, -0.2) is 0 Å². The minimum absolute atomic E-state index is 0.0437. The third-order valence-corrected chi connectivity index (χ3v) is 4.22. The van der Waals surface area contributed by atoms with Crippen LogP contribution in [0.25, 0.3) is 0 Å². The zero-order valence-corrected chi connectivity index (χ0v) is 15.1. The van der Waals surface area contributed by atoms with Crippen LogP contribution in [0.1, 0.15) is 33.1 Å². The molecule has 6 nitrogen and oxygen atoms in total. The highest BCUT2D eigenvalue weighted by Crippen LogP contribution is 2.20. The Bertz CT molecular complexity index is 568. The molecule has 0 unspecified atom stereocenters. The van der Waals surface area contributed by atoms with E-state index < -0.39 is 0 Å². The molecule has 1 saturated heterocycles. The van der Waals surface area contributed by atoms with Gasteiger partial charge in [-0.3, -0.25) is 9.59 Å². The molecule has 0 spiro atoms. The Morgan fingerprint density at radius 3 is 2.68 bits per heavy atom. The number of hydrogen-bond acceptors (Lipinski definition) is 5. The van der Waals surface area contributed by atoms with E-state index in [9.17, 15) is 9.59 Å². The molecule has 0 aliphatic carbocycles. The van der Waals surface area contributed by atoms with E-state index in [-0.39, 0.29) is 24.3 Å². The van der Waals surface area contributed by atoms with Gasteiger partial charge in [0.1, 0.15) is 5.75 Å². The Morgan fingerprint density at radius 2 is 2.00 bits per heavy atom. The van der Waals surface area contributed by atoms with Crippen LogP contribution >= 0.6 is 0 Å². The van der Waals surface area contributed by atoms with Crippen molar-refractivity contribution in [3.8, 4) is 5.75 Å². The summed E-state index contributed by atoms with van der Waals surface area (Å²) in [6, 6.07) is 7.63. The summed E-state index contributed by atoms with van der Waals surface area (Å²) in [5.41, 5.74) is 0.864. The summed E-state index contributed by atoms with van der Waals surface area (Å²) >= 11 is 0. The normalized spacial score (nSPS) is 14.9. The first-order valence-electron chi connectivity index (χ1n) is 9.05. The van der Waals surface area contributed by atoms with Crippen molar-refractivity contribution in [3.05, 3.63) is 24.3 Å². The maximum atomic E-state index is 12.3. The maximum absolute atomic E-state index is 12.3. The quantitative estimate of drug-likeness (QED) is 0.732. The van der Waals surface area contributed by atoms with Crippen LogP contribution in [0.5, 0.6) is 5.75 Å². The van der Waals surface area contributed by atoms with Gasteiger partial charge in [0.2, 0.25) is 5.91 Å². The SMILES string of the molecule is CCCOc1cccc(NCC(=O)N2CCC(C(=O)OCC)CC2)c1. The van der Waals surface area contributed by atoms with E-state index in [4.69, 9.17) is 9.47 Å². The lowest BCUT2D eigenvalue weighted by atomic mass is 9.97. The van der Waals surface area contributed by atoms with Gasteiger partial charge in [-0.1, -0.05) is 13.0 Å². The Labute approximate surface area is 149 Å². The van der Waals surface area contributed by atoms with Crippen molar-refractivity contribution in [1.29, 1.82) is 0 Å². The third kappa shape index (κ3) is 5.96. The van der Waals surface area contributed by atoms with E-state index in [1.165, 1.54) is 0 Å². The first-order valence-corrected chi connectivity index (χ1v) is 9.05. The molecule has 0 radical (unpaired) electrons. The van der Waals surface area contributed by atoms with Crippen LogP contribution in [0.4, 0.5) is 5.69 Å². The standard InChI is InChI=1S/C19H28N2O4/c1-3-12-25-17-7-5-6-16(13-17)20-14-18(22)21-10-8-15(9-11-21)19(23)24-4-2/h5-7,13,15,20H,3-4,8-12,14H2,1-2H3. The zero-order chi connectivity index (χ0) is 18.1. The molecule has 1 N–H and O–H groups in total. The monoisotopic (exact) mass is 348 g/mol. The average Bonchev–Trinajstić information content (AvgIpc) is 2.65. The summed E-state index contributed by atoms with van der Waals surface area (Å²) in [7, 11) is 0. The van der Waals surface area contributed by atoms with E-state index in [1.807, 2.05) is 31.2 Å². The molecule has 1 aliphatic heterocycles. The van der Waals surface area contributed by atoms with Crippen molar-refractivity contribution in [2.75, 3.05) is 38.2 Å². The Hall–Kier alpha value is -2.24. The molecule has 2 rings (SSSR count). The lowest BCUT2D eigenvalue weighted by molar-refractivity contribution is -0.151. The minimum atomic E-state index is -0.142. The van der Waals surface area contributed by atoms with Crippen LogP contribution in [-0.2, 0) is 14.3 Å². The van der Waals surface area contributed by atoms with Crippen molar-refractivity contribution in [1.82, 2.24) is 4.90 Å². The average molecular weight is 348 g/mol. The summed E-state index contributed by atoms with van der Waals surface area (Å²) in [6.07, 6.45) is 2.30. The van der Waals surface area contributed by atoms with Crippen LogP contribution in [0.15, 0.2) is 24.3 Å². The second kappa shape index (κ2) is 9.91. The van der Waals surface area contributed by atoms with Gasteiger partial charge in [0.15, 0.2) is 0 Å². The van der Waals surface area contributed by atoms with Crippen LogP contribution in [0.2, 0.25) is 0 Å². The third-order valence-electron chi connectivity index (χ3n) is 4.22. The molecular weight excluding hydrogens is 320 g/mol. The number of carbonyl (C=O) groups excluding carboxylic acids is 2. The molecule has 25 heavy (non-hydrogen) atoms. The van der Waals surface area contributed by atoms with Crippen LogP contribution in [0.3, 0.4) is 0 Å². The Morgan fingerprint density at radius 1 is 1.24 bits per heavy atom. The minimum Gasteiger partial charge on any atom is -0.494 e. The molecule has 138 valence electrons. The molecule has 0 aromatic heterocycles. The number of ether oxygens (including phenoxy) is 2. The van der Waals surface area contributed by atoms with Gasteiger partial charge in [0, 0.05) is 24.8 Å². The van der Waals surface area contributed by atoms with E-state index in [0.717, 1.165) is 17.9 Å². The van der Waals surface area contributed by atoms with Gasteiger partial charge >= 0.3 is 5.97 Å². The number of nitrogens with zero attached hydrogens (tertiary/aromatic N) is 1. The molecule has 0 saturated carbocycles. The second-order valence-electron chi connectivity index (χ2n) is 6.14. The van der Waals surface area contributed by atoms with Crippen LogP contribution in [0, 0.1) is 5.92 Å². The van der Waals surface area contributed by atoms with E-state index in [1.54, 1.807) is 4.90 Å². The predicted molar refractivity (Wildman–Crippen MR) is 96.7 cm³/mol. The van der Waals surface area contributed by atoms with Crippen LogP contribution in [-0.4, -0.2) is 49.6 Å². The molecule has 1 amide bonds. The molecule has 0 atom stereocenters. The van der Waals surface area contributed by atoms with Crippen molar-refractivity contribution in [2.45, 2.75) is 33.1 Å². The highest BCUT2D eigenvalue weighted by Gasteiger charge is 2.27. The fourth-order valence-corrected chi connectivity index (χ4v) is 2.83. The number of likely N-dealkylation sites (tertiary alicyclic amines) is 1. The zero-order valence-electron chi connectivity index (χ0n) is 15.1. The van der Waals surface area contributed by atoms with Crippen LogP contribution < -0.4 is 10.1 Å². The smallest absolute Gasteiger partial charge is 0.309 e. The summed E-state index contributed by atoms with van der Waals surface area (Å²) in [5, 5.41) is 3.15. The molecule has 1 heterocycles. The van der Waals surface area contributed by atoms with Gasteiger partial charge in [0.05, 0.1) is 25.7 Å². The van der Waals surface area contributed by atoms with Crippen molar-refractivity contribution >= 4 is 17.6 Å². The number of rotatable bonds is 8. The number of benzene rings is 1. The number of esters is 1. The van der Waals surface area contributed by atoms with Gasteiger partial charge in [0.25, 0.3) is 0 Å². The molecule has 6 heteroatoms. The summed E-state index contributed by atoms with van der Waals surface area (Å²) in [6.45, 7) is 6.39. The molecular formula is C19H28N2O4. The number of piperidine rings is 1. The molecule has 1 fully saturated rings. The fourth-order valence-electron chi connectivity index (χ4n) is 2.83. The number of nitrogens with one attached hydrogen (secondary N) is 1. The second-order valence-corrected chi connectivity index (χ2v) is 6.14. The fraction of sp³-hybridized carbons (Fsp3) is 0.579. The first kappa shape index (κ1) is 19.1. The number of carbonyl (C=O) groups is 2. The van der Waals surface area contributed by atoms with Crippen molar-refractivity contribution in [3.63, 3.8) is 0 Å².